The number of piperidine rings is 1. The summed E-state index contributed by atoms with van der Waals surface area (Å²) in [6.07, 6.45) is 9.70. The van der Waals surface area contributed by atoms with E-state index in [2.05, 4.69) is 41.8 Å². The average Bonchev–Trinajstić information content (AvgIpc) is 3.33. The minimum atomic E-state index is 0.422. The number of hydrogen-bond donors (Lipinski definition) is 1. The summed E-state index contributed by atoms with van der Waals surface area (Å²) in [5, 5.41) is 13.1. The van der Waals surface area contributed by atoms with Crippen LogP contribution in [0.2, 0.25) is 0 Å². The van der Waals surface area contributed by atoms with E-state index in [1.54, 1.807) is 12.5 Å². The van der Waals surface area contributed by atoms with Crippen molar-refractivity contribution in [3.8, 4) is 0 Å². The Morgan fingerprint density at radius 1 is 1.29 bits per heavy atom. The minimum absolute atomic E-state index is 0.422. The monoisotopic (exact) mass is 326 g/mol. The molecule has 1 atom stereocenters. The average molecular weight is 326 g/mol. The van der Waals surface area contributed by atoms with Crippen molar-refractivity contribution in [2.24, 2.45) is 7.05 Å². The molecule has 0 saturated carbocycles. The van der Waals surface area contributed by atoms with Gasteiger partial charge in [-0.3, -0.25) is 9.58 Å². The van der Waals surface area contributed by atoms with E-state index in [-0.39, 0.29) is 0 Å². The van der Waals surface area contributed by atoms with Gasteiger partial charge in [0, 0.05) is 50.3 Å². The molecule has 4 heterocycles. The number of aromatic nitrogens is 7. The van der Waals surface area contributed by atoms with Crippen molar-refractivity contribution in [3.05, 3.63) is 48.3 Å². The summed E-state index contributed by atoms with van der Waals surface area (Å²) in [5.74, 6) is 2.44. The Hall–Kier alpha value is -2.48. The summed E-state index contributed by atoms with van der Waals surface area (Å²) >= 11 is 0. The lowest BCUT2D eigenvalue weighted by Crippen LogP contribution is -2.35. The third kappa shape index (κ3) is 3.09. The largest absolute Gasteiger partial charge is 0.347 e. The number of rotatable bonds is 5. The molecule has 1 N–H and O–H groups in total. The zero-order valence-corrected chi connectivity index (χ0v) is 13.8. The molecule has 24 heavy (non-hydrogen) atoms. The molecule has 0 aliphatic carbocycles. The van der Waals surface area contributed by atoms with Gasteiger partial charge in [0.25, 0.3) is 0 Å². The van der Waals surface area contributed by atoms with Crippen molar-refractivity contribution in [2.75, 3.05) is 13.1 Å². The summed E-state index contributed by atoms with van der Waals surface area (Å²) in [7, 11) is 2.06. The highest BCUT2D eigenvalue weighted by molar-refractivity contribution is 5.05. The molecule has 0 aromatic carbocycles. The summed E-state index contributed by atoms with van der Waals surface area (Å²) < 4.78 is 4.01. The van der Waals surface area contributed by atoms with Crippen LogP contribution in [0.3, 0.4) is 0 Å². The number of nitrogens with zero attached hydrogens (tertiary/aromatic N) is 7. The molecule has 1 fully saturated rings. The Kier molecular flexibility index (Phi) is 4.12. The molecule has 3 aromatic rings. The van der Waals surface area contributed by atoms with Crippen molar-refractivity contribution in [1.82, 2.24) is 39.4 Å². The predicted molar refractivity (Wildman–Crippen MR) is 88.2 cm³/mol. The summed E-state index contributed by atoms with van der Waals surface area (Å²) in [5.41, 5.74) is 1.16. The number of aromatic amines is 1. The maximum absolute atomic E-state index is 4.48. The van der Waals surface area contributed by atoms with Crippen molar-refractivity contribution < 1.29 is 0 Å². The van der Waals surface area contributed by atoms with E-state index in [4.69, 9.17) is 0 Å². The summed E-state index contributed by atoms with van der Waals surface area (Å²) in [6.45, 7) is 3.69. The van der Waals surface area contributed by atoms with Crippen LogP contribution in [0, 0.1) is 0 Å². The van der Waals surface area contributed by atoms with Crippen LogP contribution in [0.25, 0.3) is 0 Å². The van der Waals surface area contributed by atoms with Crippen LogP contribution in [0.15, 0.2) is 31.0 Å². The lowest BCUT2D eigenvalue weighted by Gasteiger charge is -2.31. The Bertz CT molecular complexity index is 758. The SMILES string of the molecule is Cn1c(Cn2cccn2)nnc1C1CCCN(Cc2cnc[nH]2)C1. The van der Waals surface area contributed by atoms with Crippen LogP contribution < -0.4 is 0 Å². The topological polar surface area (TPSA) is 80.4 Å². The third-order valence-corrected chi connectivity index (χ3v) is 4.68. The van der Waals surface area contributed by atoms with Gasteiger partial charge >= 0.3 is 0 Å². The molecule has 3 aromatic heterocycles. The highest BCUT2D eigenvalue weighted by atomic mass is 15.3. The van der Waals surface area contributed by atoms with Crippen LogP contribution in [0.1, 0.15) is 36.1 Å². The fraction of sp³-hybridized carbons (Fsp3) is 0.500. The molecule has 126 valence electrons. The summed E-state index contributed by atoms with van der Waals surface area (Å²) in [6, 6.07) is 1.92. The quantitative estimate of drug-likeness (QED) is 0.761. The maximum Gasteiger partial charge on any atom is 0.154 e. The Morgan fingerprint density at radius 3 is 3.04 bits per heavy atom. The molecular weight excluding hydrogens is 304 g/mol. The molecule has 8 heteroatoms. The number of likely N-dealkylation sites (tertiary alicyclic amines) is 1. The van der Waals surface area contributed by atoms with Gasteiger partial charge in [0.15, 0.2) is 5.82 Å². The van der Waals surface area contributed by atoms with E-state index in [1.165, 1.54) is 6.42 Å². The van der Waals surface area contributed by atoms with E-state index in [1.807, 2.05) is 23.1 Å². The van der Waals surface area contributed by atoms with Gasteiger partial charge < -0.3 is 9.55 Å². The first-order valence-corrected chi connectivity index (χ1v) is 8.35. The molecule has 4 rings (SSSR count). The smallest absolute Gasteiger partial charge is 0.154 e. The molecule has 0 amide bonds. The maximum atomic E-state index is 4.48. The number of hydrogen-bond acceptors (Lipinski definition) is 5. The van der Waals surface area contributed by atoms with Gasteiger partial charge in [-0.25, -0.2) is 4.98 Å². The third-order valence-electron chi connectivity index (χ3n) is 4.68. The molecule has 1 aliphatic heterocycles. The number of imidazole rings is 1. The molecule has 1 saturated heterocycles. The van der Waals surface area contributed by atoms with Crippen LogP contribution >= 0.6 is 0 Å². The first-order valence-electron chi connectivity index (χ1n) is 8.35. The first kappa shape index (κ1) is 15.1. The van der Waals surface area contributed by atoms with Gasteiger partial charge in [0.2, 0.25) is 0 Å². The second-order valence-corrected chi connectivity index (χ2v) is 6.39. The fourth-order valence-corrected chi connectivity index (χ4v) is 3.43. The fourth-order valence-electron chi connectivity index (χ4n) is 3.43. The van der Waals surface area contributed by atoms with Crippen LogP contribution in [0.5, 0.6) is 0 Å². The zero-order chi connectivity index (χ0) is 16.4. The van der Waals surface area contributed by atoms with Gasteiger partial charge in [-0.05, 0) is 25.5 Å². The molecule has 1 unspecified atom stereocenters. The molecule has 1 aliphatic rings. The van der Waals surface area contributed by atoms with Crippen molar-refractivity contribution in [2.45, 2.75) is 31.8 Å². The highest BCUT2D eigenvalue weighted by Crippen LogP contribution is 2.26. The Balaban J connectivity index is 1.46. The first-order chi connectivity index (χ1) is 11.8. The van der Waals surface area contributed by atoms with Gasteiger partial charge in [0.1, 0.15) is 12.4 Å². The van der Waals surface area contributed by atoms with Crippen LogP contribution in [0.4, 0.5) is 0 Å². The van der Waals surface area contributed by atoms with E-state index in [0.717, 1.165) is 43.4 Å². The van der Waals surface area contributed by atoms with Crippen molar-refractivity contribution in [3.63, 3.8) is 0 Å². The molecule has 0 bridgehead atoms. The minimum Gasteiger partial charge on any atom is -0.347 e. The second kappa shape index (κ2) is 6.56. The van der Waals surface area contributed by atoms with Crippen LogP contribution in [-0.2, 0) is 20.1 Å². The Morgan fingerprint density at radius 2 is 2.25 bits per heavy atom. The zero-order valence-electron chi connectivity index (χ0n) is 13.8. The van der Waals surface area contributed by atoms with Gasteiger partial charge in [-0.15, -0.1) is 10.2 Å². The van der Waals surface area contributed by atoms with E-state index >= 15 is 0 Å². The normalized spacial score (nSPS) is 19.0. The van der Waals surface area contributed by atoms with Gasteiger partial charge in [-0.1, -0.05) is 0 Å². The number of H-pyrrole nitrogens is 1. The standard InChI is InChI=1S/C16H22N8/c1-22-15(11-24-7-3-5-19-24)20-21-16(22)13-4-2-6-23(9-13)10-14-8-17-12-18-14/h3,5,7-8,12-13H,2,4,6,9-11H2,1H3,(H,17,18). The van der Waals surface area contributed by atoms with Gasteiger partial charge in [-0.2, -0.15) is 5.10 Å². The van der Waals surface area contributed by atoms with E-state index < -0.39 is 0 Å². The van der Waals surface area contributed by atoms with E-state index in [0.29, 0.717) is 12.5 Å². The lowest BCUT2D eigenvalue weighted by molar-refractivity contribution is 0.193. The summed E-state index contributed by atoms with van der Waals surface area (Å²) in [4.78, 5) is 9.75. The number of nitrogens with one attached hydrogen (secondary N) is 1. The highest BCUT2D eigenvalue weighted by Gasteiger charge is 2.26. The second-order valence-electron chi connectivity index (χ2n) is 6.39. The Labute approximate surface area is 140 Å². The van der Waals surface area contributed by atoms with Crippen LogP contribution in [-0.4, -0.2) is 52.5 Å². The van der Waals surface area contributed by atoms with Gasteiger partial charge in [0.05, 0.1) is 6.33 Å². The predicted octanol–water partition coefficient (Wildman–Crippen LogP) is 1.16. The molecular formula is C16H22N8. The van der Waals surface area contributed by atoms with E-state index in [9.17, 15) is 0 Å². The molecule has 0 spiro atoms. The lowest BCUT2D eigenvalue weighted by atomic mass is 9.97. The van der Waals surface area contributed by atoms with Crippen molar-refractivity contribution >= 4 is 0 Å². The van der Waals surface area contributed by atoms with Crippen molar-refractivity contribution in [1.29, 1.82) is 0 Å². The molecule has 0 radical (unpaired) electrons. The molecule has 8 nitrogen and oxygen atoms in total.